The predicted molar refractivity (Wildman–Crippen MR) is 119 cm³/mol. The molecule has 0 atom stereocenters. The summed E-state index contributed by atoms with van der Waals surface area (Å²) in [5, 5.41) is 11.2. The van der Waals surface area contributed by atoms with Crippen molar-refractivity contribution in [2.75, 3.05) is 7.11 Å². The third-order valence-electron chi connectivity index (χ3n) is 4.34. The van der Waals surface area contributed by atoms with Gasteiger partial charge >= 0.3 is 11.8 Å². The maximum Gasteiger partial charge on any atom is 0.329 e. The van der Waals surface area contributed by atoms with Crippen molar-refractivity contribution in [3.63, 3.8) is 0 Å². The minimum atomic E-state index is -0.833. The Hall–Kier alpha value is -3.94. The van der Waals surface area contributed by atoms with Crippen molar-refractivity contribution < 1.29 is 14.3 Å². The Balaban J connectivity index is 1.88. The second-order valence-corrected chi connectivity index (χ2v) is 7.14. The number of amides is 2. The Morgan fingerprint density at radius 2 is 1.81 bits per heavy atom. The van der Waals surface area contributed by atoms with Gasteiger partial charge < -0.3 is 10.1 Å². The van der Waals surface area contributed by atoms with Gasteiger partial charge in [0.1, 0.15) is 11.4 Å². The normalized spacial score (nSPS) is 11.0. The number of ether oxygens (including phenoxy) is 1. The van der Waals surface area contributed by atoms with Gasteiger partial charge in [-0.25, -0.2) is 5.43 Å². The number of hydrazone groups is 1. The fraction of sp³-hybridized carbons (Fsp3) is 0.217. The summed E-state index contributed by atoms with van der Waals surface area (Å²) in [6, 6.07) is 17.3. The second-order valence-electron chi connectivity index (χ2n) is 7.14. The van der Waals surface area contributed by atoms with Crippen molar-refractivity contribution in [3.05, 3.63) is 71.9 Å². The number of nitrogens with zero attached hydrogens (tertiary/aromatic N) is 3. The third-order valence-corrected chi connectivity index (χ3v) is 4.34. The first-order valence-corrected chi connectivity index (χ1v) is 9.86. The van der Waals surface area contributed by atoms with Crippen LogP contribution in [0.4, 0.5) is 0 Å². The van der Waals surface area contributed by atoms with E-state index in [0.717, 1.165) is 11.1 Å². The summed E-state index contributed by atoms with van der Waals surface area (Å²) in [6.45, 7) is 4.12. The summed E-state index contributed by atoms with van der Waals surface area (Å²) in [5.74, 6) is -0.903. The van der Waals surface area contributed by atoms with Crippen LogP contribution in [-0.4, -0.2) is 41.0 Å². The lowest BCUT2D eigenvalue weighted by atomic mass is 10.1. The zero-order valence-corrected chi connectivity index (χ0v) is 17.7. The van der Waals surface area contributed by atoms with Gasteiger partial charge in [0, 0.05) is 23.4 Å². The molecule has 31 heavy (non-hydrogen) atoms. The summed E-state index contributed by atoms with van der Waals surface area (Å²) in [7, 11) is 1.60. The minimum Gasteiger partial charge on any atom is -0.496 e. The van der Waals surface area contributed by atoms with Crippen LogP contribution in [0.5, 0.6) is 5.75 Å². The Morgan fingerprint density at radius 3 is 2.52 bits per heavy atom. The maximum absolute atomic E-state index is 11.9. The summed E-state index contributed by atoms with van der Waals surface area (Å²) in [5.41, 5.74) is 5.46. The van der Waals surface area contributed by atoms with Crippen LogP contribution in [0.15, 0.2) is 65.9 Å². The summed E-state index contributed by atoms with van der Waals surface area (Å²) < 4.78 is 7.27. The van der Waals surface area contributed by atoms with Gasteiger partial charge in [-0.05, 0) is 31.5 Å². The van der Waals surface area contributed by atoms with E-state index in [4.69, 9.17) is 9.84 Å². The van der Waals surface area contributed by atoms with E-state index in [1.807, 2.05) is 60.8 Å². The largest absolute Gasteiger partial charge is 0.496 e. The third kappa shape index (κ3) is 5.79. The van der Waals surface area contributed by atoms with Crippen LogP contribution in [-0.2, 0) is 16.1 Å². The van der Waals surface area contributed by atoms with Crippen LogP contribution < -0.4 is 15.5 Å². The van der Waals surface area contributed by atoms with Gasteiger partial charge in [-0.3, -0.25) is 14.3 Å². The number of hydrogen-bond acceptors (Lipinski definition) is 5. The first-order chi connectivity index (χ1) is 15.0. The number of aromatic nitrogens is 2. The molecular formula is C23H25N5O3. The Bertz CT molecular complexity index is 1070. The van der Waals surface area contributed by atoms with Gasteiger partial charge in [-0.2, -0.15) is 10.2 Å². The molecule has 0 fully saturated rings. The molecule has 0 aliphatic carbocycles. The SMILES string of the molecule is COc1ccccc1-c1nn(Cc2ccccc2)cc1/C=N\NC(=O)C(=O)NC(C)C. The molecule has 2 amide bonds. The van der Waals surface area contributed by atoms with Crippen LogP contribution in [0.25, 0.3) is 11.3 Å². The topological polar surface area (TPSA) is 97.6 Å². The molecule has 0 saturated carbocycles. The molecule has 0 aliphatic heterocycles. The van der Waals surface area contributed by atoms with Gasteiger partial charge in [0.15, 0.2) is 0 Å². The lowest BCUT2D eigenvalue weighted by molar-refractivity contribution is -0.139. The van der Waals surface area contributed by atoms with Crippen LogP contribution in [0.2, 0.25) is 0 Å². The highest BCUT2D eigenvalue weighted by molar-refractivity contribution is 6.35. The van der Waals surface area contributed by atoms with Crippen molar-refractivity contribution >= 4 is 18.0 Å². The molecule has 3 rings (SSSR count). The van der Waals surface area contributed by atoms with E-state index < -0.39 is 11.8 Å². The lowest BCUT2D eigenvalue weighted by Crippen LogP contribution is -2.41. The Morgan fingerprint density at radius 1 is 1.10 bits per heavy atom. The Labute approximate surface area is 180 Å². The molecule has 0 bridgehead atoms. The highest BCUT2D eigenvalue weighted by Gasteiger charge is 2.16. The first kappa shape index (κ1) is 21.8. The molecule has 2 N–H and O–H groups in total. The van der Waals surface area contributed by atoms with Gasteiger partial charge in [0.25, 0.3) is 0 Å². The van der Waals surface area contributed by atoms with Crippen LogP contribution in [0.3, 0.4) is 0 Å². The molecule has 0 spiro atoms. The highest BCUT2D eigenvalue weighted by Crippen LogP contribution is 2.30. The number of benzene rings is 2. The summed E-state index contributed by atoms with van der Waals surface area (Å²) in [6.07, 6.45) is 3.30. The first-order valence-electron chi connectivity index (χ1n) is 9.86. The molecule has 0 saturated heterocycles. The molecular weight excluding hydrogens is 394 g/mol. The van der Waals surface area contributed by atoms with E-state index in [0.29, 0.717) is 23.6 Å². The van der Waals surface area contributed by atoms with Gasteiger partial charge in [0.2, 0.25) is 0 Å². The number of nitrogens with one attached hydrogen (secondary N) is 2. The number of methoxy groups -OCH3 is 1. The van der Waals surface area contributed by atoms with E-state index in [1.165, 1.54) is 6.21 Å². The maximum atomic E-state index is 11.9. The quantitative estimate of drug-likeness (QED) is 0.349. The van der Waals surface area contributed by atoms with Gasteiger partial charge in [-0.15, -0.1) is 0 Å². The monoisotopic (exact) mass is 419 g/mol. The number of para-hydroxylation sites is 1. The van der Waals surface area contributed by atoms with Crippen molar-refractivity contribution in [2.24, 2.45) is 5.10 Å². The van der Waals surface area contributed by atoms with E-state index in [1.54, 1.807) is 25.6 Å². The van der Waals surface area contributed by atoms with Gasteiger partial charge in [-0.1, -0.05) is 42.5 Å². The fourth-order valence-electron chi connectivity index (χ4n) is 2.97. The number of carbonyl (C=O) groups is 2. The molecule has 160 valence electrons. The van der Waals surface area contributed by atoms with Crippen molar-refractivity contribution in [1.29, 1.82) is 0 Å². The molecule has 3 aromatic rings. The van der Waals surface area contributed by atoms with Crippen LogP contribution in [0.1, 0.15) is 25.0 Å². The predicted octanol–water partition coefficient (Wildman–Crippen LogP) is 2.58. The number of carbonyl (C=O) groups excluding carboxylic acids is 2. The zero-order valence-electron chi connectivity index (χ0n) is 17.7. The molecule has 8 nitrogen and oxygen atoms in total. The molecule has 2 aromatic carbocycles. The summed E-state index contributed by atoms with van der Waals surface area (Å²) in [4.78, 5) is 23.6. The summed E-state index contributed by atoms with van der Waals surface area (Å²) >= 11 is 0. The van der Waals surface area contributed by atoms with E-state index in [-0.39, 0.29) is 6.04 Å². The molecule has 8 heteroatoms. The number of rotatable bonds is 7. The lowest BCUT2D eigenvalue weighted by Gasteiger charge is -2.07. The van der Waals surface area contributed by atoms with Crippen molar-refractivity contribution in [1.82, 2.24) is 20.5 Å². The van der Waals surface area contributed by atoms with Crippen molar-refractivity contribution in [3.8, 4) is 17.0 Å². The molecule has 0 radical (unpaired) electrons. The average Bonchev–Trinajstić information content (AvgIpc) is 3.16. The highest BCUT2D eigenvalue weighted by atomic mass is 16.5. The standard InChI is InChI=1S/C23H25N5O3/c1-16(2)25-22(29)23(30)26-24-13-18-15-28(14-17-9-5-4-6-10-17)27-21(18)19-11-7-8-12-20(19)31-3/h4-13,15-16H,14H2,1-3H3,(H,25,29)(H,26,30)/b24-13-. The zero-order chi connectivity index (χ0) is 22.2. The van der Waals surface area contributed by atoms with Crippen LogP contribution >= 0.6 is 0 Å². The smallest absolute Gasteiger partial charge is 0.329 e. The number of hydrogen-bond donors (Lipinski definition) is 2. The van der Waals surface area contributed by atoms with E-state index in [9.17, 15) is 9.59 Å². The van der Waals surface area contributed by atoms with E-state index >= 15 is 0 Å². The molecule has 1 aromatic heterocycles. The Kier molecular flexibility index (Phi) is 7.16. The fourth-order valence-corrected chi connectivity index (χ4v) is 2.97. The average molecular weight is 419 g/mol. The van der Waals surface area contributed by atoms with Crippen molar-refractivity contribution in [2.45, 2.75) is 26.4 Å². The van der Waals surface area contributed by atoms with Gasteiger partial charge in [0.05, 0.1) is 19.9 Å². The molecule has 0 unspecified atom stereocenters. The van der Waals surface area contributed by atoms with E-state index in [2.05, 4.69) is 15.8 Å². The molecule has 1 heterocycles. The minimum absolute atomic E-state index is 0.143. The van der Waals surface area contributed by atoms with Crippen LogP contribution in [0, 0.1) is 0 Å². The second kappa shape index (κ2) is 10.2. The molecule has 0 aliphatic rings.